The van der Waals surface area contributed by atoms with E-state index in [-0.39, 0.29) is 23.5 Å². The molecule has 2 atom stereocenters. The van der Waals surface area contributed by atoms with Crippen molar-refractivity contribution >= 4 is 17.2 Å². The summed E-state index contributed by atoms with van der Waals surface area (Å²) in [4.78, 5) is 15.5. The molecule has 1 amide bonds. The van der Waals surface area contributed by atoms with Crippen molar-refractivity contribution in [2.75, 3.05) is 13.6 Å². The van der Waals surface area contributed by atoms with Crippen LogP contribution in [0.4, 0.5) is 0 Å². The maximum absolute atomic E-state index is 12.1. The summed E-state index contributed by atoms with van der Waals surface area (Å²) in [6.45, 7) is 8.58. The van der Waals surface area contributed by atoms with Crippen LogP contribution in [-0.4, -0.2) is 36.0 Å². The van der Waals surface area contributed by atoms with Crippen LogP contribution in [0.25, 0.3) is 0 Å². The van der Waals surface area contributed by atoms with Crippen LogP contribution in [0, 0.1) is 0 Å². The van der Waals surface area contributed by atoms with Crippen LogP contribution in [-0.2, 0) is 4.79 Å². The van der Waals surface area contributed by atoms with Gasteiger partial charge in [-0.2, -0.15) is 0 Å². The van der Waals surface area contributed by atoms with E-state index in [1.54, 1.807) is 11.3 Å². The van der Waals surface area contributed by atoms with Gasteiger partial charge in [0.1, 0.15) is 0 Å². The molecule has 1 aromatic rings. The first-order valence-electron chi connectivity index (χ1n) is 7.01. The Balaban J connectivity index is 2.63. The lowest BCUT2D eigenvalue weighted by molar-refractivity contribution is -0.123. The number of likely N-dealkylation sites (N-methyl/N-ethyl adjacent to an activating group) is 1. The average molecular weight is 297 g/mol. The van der Waals surface area contributed by atoms with Gasteiger partial charge >= 0.3 is 0 Å². The summed E-state index contributed by atoms with van der Waals surface area (Å²) in [6.07, 6.45) is 0.431. The Morgan fingerprint density at radius 2 is 2.15 bits per heavy atom. The summed E-state index contributed by atoms with van der Waals surface area (Å²) in [5.41, 5.74) is 5.66. The predicted octanol–water partition coefficient (Wildman–Crippen LogP) is 2.37. The van der Waals surface area contributed by atoms with Gasteiger partial charge < -0.3 is 11.1 Å². The number of carbonyl (C=O) groups excluding carboxylic acids is 1. The Hall–Kier alpha value is -0.910. The molecule has 3 N–H and O–H groups in total. The zero-order valence-electron chi connectivity index (χ0n) is 13.1. The molecule has 20 heavy (non-hydrogen) atoms. The zero-order valence-corrected chi connectivity index (χ0v) is 14.0. The Kier molecular flexibility index (Phi) is 6.17. The average Bonchev–Trinajstić information content (AvgIpc) is 2.85. The van der Waals surface area contributed by atoms with Gasteiger partial charge in [0.15, 0.2) is 0 Å². The van der Waals surface area contributed by atoms with E-state index in [2.05, 4.69) is 28.6 Å². The minimum atomic E-state index is -0.200. The zero-order chi connectivity index (χ0) is 15.3. The second kappa shape index (κ2) is 7.20. The summed E-state index contributed by atoms with van der Waals surface area (Å²) < 4.78 is 0. The van der Waals surface area contributed by atoms with E-state index in [0.717, 1.165) is 0 Å². The van der Waals surface area contributed by atoms with Crippen molar-refractivity contribution < 1.29 is 4.79 Å². The lowest BCUT2D eigenvalue weighted by Gasteiger charge is -2.32. The maximum Gasteiger partial charge on any atom is 0.222 e. The molecule has 2 unspecified atom stereocenters. The number of nitrogens with zero attached hydrogens (tertiary/aromatic N) is 1. The number of nitrogens with one attached hydrogen (secondary N) is 1. The van der Waals surface area contributed by atoms with Crippen LogP contribution in [0.15, 0.2) is 17.5 Å². The second-order valence-corrected chi connectivity index (χ2v) is 7.23. The quantitative estimate of drug-likeness (QED) is 0.847. The van der Waals surface area contributed by atoms with Crippen LogP contribution in [0.1, 0.15) is 45.0 Å². The lowest BCUT2D eigenvalue weighted by atomic mass is 10.1. The smallest absolute Gasteiger partial charge is 0.222 e. The van der Waals surface area contributed by atoms with Gasteiger partial charge in [0.2, 0.25) is 5.91 Å². The van der Waals surface area contributed by atoms with E-state index in [4.69, 9.17) is 5.73 Å². The summed E-state index contributed by atoms with van der Waals surface area (Å²) in [5, 5.41) is 5.07. The number of hydrogen-bond acceptors (Lipinski definition) is 4. The van der Waals surface area contributed by atoms with Crippen molar-refractivity contribution in [1.82, 2.24) is 10.2 Å². The Morgan fingerprint density at radius 3 is 2.60 bits per heavy atom. The summed E-state index contributed by atoms with van der Waals surface area (Å²) in [6, 6.07) is 4.49. The van der Waals surface area contributed by atoms with Crippen molar-refractivity contribution in [3.8, 4) is 0 Å². The van der Waals surface area contributed by atoms with Gasteiger partial charge in [-0.1, -0.05) is 6.07 Å². The number of hydrogen-bond donors (Lipinski definition) is 2. The summed E-state index contributed by atoms with van der Waals surface area (Å²) in [5.74, 6) is 0.0539. The summed E-state index contributed by atoms with van der Waals surface area (Å²) >= 11 is 1.73. The predicted molar refractivity (Wildman–Crippen MR) is 85.9 cm³/mol. The van der Waals surface area contributed by atoms with Crippen molar-refractivity contribution in [3.05, 3.63) is 22.4 Å². The largest absolute Gasteiger partial charge is 0.351 e. The number of rotatable bonds is 6. The monoisotopic (exact) mass is 297 g/mol. The van der Waals surface area contributed by atoms with Gasteiger partial charge in [-0.3, -0.25) is 9.69 Å². The van der Waals surface area contributed by atoms with Gasteiger partial charge in [-0.15, -0.1) is 11.3 Å². The molecule has 1 rings (SSSR count). The SMILES string of the molecule is CC(c1cccs1)N(C)C(CN)CC(=O)NC(C)(C)C. The van der Waals surface area contributed by atoms with Crippen LogP contribution in [0.3, 0.4) is 0 Å². The third kappa shape index (κ3) is 5.23. The number of carbonyl (C=O) groups is 1. The first-order valence-corrected chi connectivity index (χ1v) is 7.89. The molecule has 0 saturated carbocycles. The first-order chi connectivity index (χ1) is 9.24. The Morgan fingerprint density at radius 1 is 1.50 bits per heavy atom. The highest BCUT2D eigenvalue weighted by Crippen LogP contribution is 2.25. The number of nitrogens with two attached hydrogens (primary N) is 1. The van der Waals surface area contributed by atoms with Crippen LogP contribution >= 0.6 is 11.3 Å². The van der Waals surface area contributed by atoms with E-state index in [1.807, 2.05) is 33.9 Å². The summed E-state index contributed by atoms with van der Waals surface area (Å²) in [7, 11) is 2.03. The fraction of sp³-hybridized carbons (Fsp3) is 0.667. The van der Waals surface area contributed by atoms with Crippen molar-refractivity contribution in [3.63, 3.8) is 0 Å². The molecule has 0 radical (unpaired) electrons. The van der Waals surface area contributed by atoms with Gasteiger partial charge in [0.25, 0.3) is 0 Å². The van der Waals surface area contributed by atoms with Crippen molar-refractivity contribution in [1.29, 1.82) is 0 Å². The molecule has 0 aliphatic heterocycles. The molecule has 0 aromatic carbocycles. The fourth-order valence-electron chi connectivity index (χ4n) is 2.12. The number of thiophene rings is 1. The third-order valence-electron chi connectivity index (χ3n) is 3.35. The van der Waals surface area contributed by atoms with Crippen molar-refractivity contribution in [2.45, 2.75) is 51.7 Å². The Bertz CT molecular complexity index is 411. The lowest BCUT2D eigenvalue weighted by Crippen LogP contribution is -2.46. The molecular formula is C15H27N3OS. The fourth-order valence-corrected chi connectivity index (χ4v) is 2.96. The highest BCUT2D eigenvalue weighted by Gasteiger charge is 2.24. The minimum absolute atomic E-state index is 0.0504. The third-order valence-corrected chi connectivity index (χ3v) is 4.39. The molecule has 0 spiro atoms. The van der Waals surface area contributed by atoms with E-state index in [1.165, 1.54) is 4.88 Å². The molecule has 0 fully saturated rings. The molecule has 114 valence electrons. The van der Waals surface area contributed by atoms with Gasteiger partial charge in [-0.25, -0.2) is 0 Å². The van der Waals surface area contributed by atoms with E-state index in [9.17, 15) is 4.79 Å². The van der Waals surface area contributed by atoms with Gasteiger partial charge in [0, 0.05) is 35.5 Å². The van der Waals surface area contributed by atoms with Gasteiger partial charge in [-0.05, 0) is 46.2 Å². The van der Waals surface area contributed by atoms with E-state index >= 15 is 0 Å². The normalized spacial score (nSPS) is 15.2. The molecule has 4 nitrogen and oxygen atoms in total. The molecule has 0 aliphatic carbocycles. The highest BCUT2D eigenvalue weighted by molar-refractivity contribution is 7.10. The second-order valence-electron chi connectivity index (χ2n) is 6.25. The molecule has 0 saturated heterocycles. The minimum Gasteiger partial charge on any atom is -0.351 e. The standard InChI is InChI=1S/C15H27N3OS/c1-11(13-7-6-8-20-13)18(5)12(10-16)9-14(19)17-15(2,3)4/h6-8,11-12H,9-10,16H2,1-5H3,(H,17,19). The molecule has 5 heteroatoms. The molecule has 1 aromatic heterocycles. The van der Waals surface area contributed by atoms with Crippen LogP contribution < -0.4 is 11.1 Å². The molecular weight excluding hydrogens is 270 g/mol. The maximum atomic E-state index is 12.1. The topological polar surface area (TPSA) is 58.4 Å². The van der Waals surface area contributed by atoms with Crippen molar-refractivity contribution in [2.24, 2.45) is 5.73 Å². The van der Waals surface area contributed by atoms with E-state index < -0.39 is 0 Å². The van der Waals surface area contributed by atoms with Gasteiger partial charge in [0.05, 0.1) is 0 Å². The van der Waals surface area contributed by atoms with Crippen LogP contribution in [0.2, 0.25) is 0 Å². The molecule has 1 heterocycles. The van der Waals surface area contributed by atoms with Crippen LogP contribution in [0.5, 0.6) is 0 Å². The highest BCUT2D eigenvalue weighted by atomic mass is 32.1. The molecule has 0 aliphatic rings. The Labute approximate surface area is 126 Å². The molecule has 0 bridgehead atoms. The number of amides is 1. The van der Waals surface area contributed by atoms with E-state index in [0.29, 0.717) is 13.0 Å². The first kappa shape index (κ1) is 17.1.